The molecule has 0 aliphatic heterocycles. The van der Waals surface area contributed by atoms with E-state index in [1.54, 1.807) is 0 Å². The molecular formula is C24H39N3P2. The van der Waals surface area contributed by atoms with Gasteiger partial charge in [0.25, 0.3) is 0 Å². The van der Waals surface area contributed by atoms with Crippen LogP contribution >= 0.6 is 15.8 Å². The standard InChI is InChI=1S/C24H39N3P2/c1-17(2)28(18(3)4)23-13-9-11-21(26-23)15-25-16-22-12-10-14-24(27-22)29(19(5)6)20(7)8/h9-14,17-20,25H,15-16H2,1-8H3. The first-order valence-electron chi connectivity index (χ1n) is 10.9. The van der Waals surface area contributed by atoms with Crippen LogP contribution in [0.15, 0.2) is 36.4 Å². The SMILES string of the molecule is CC(C)P(c1cccc(CNCc2cccc(P(C(C)C)C(C)C)n2)n1)C(C)C. The molecule has 5 heteroatoms. The van der Waals surface area contributed by atoms with Crippen molar-refractivity contribution in [2.45, 2.75) is 91.1 Å². The zero-order valence-electron chi connectivity index (χ0n) is 19.5. The average molecular weight is 432 g/mol. The van der Waals surface area contributed by atoms with Crippen LogP contribution in [-0.4, -0.2) is 32.6 Å². The van der Waals surface area contributed by atoms with E-state index in [1.807, 2.05) is 0 Å². The first-order chi connectivity index (χ1) is 13.7. The van der Waals surface area contributed by atoms with E-state index < -0.39 is 0 Å². The van der Waals surface area contributed by atoms with Gasteiger partial charge in [0, 0.05) is 13.1 Å². The van der Waals surface area contributed by atoms with Crippen LogP contribution in [0, 0.1) is 0 Å². The molecule has 0 aromatic carbocycles. The highest BCUT2D eigenvalue weighted by Crippen LogP contribution is 2.44. The largest absolute Gasteiger partial charge is 0.306 e. The summed E-state index contributed by atoms with van der Waals surface area (Å²) in [6.07, 6.45) is 0. The summed E-state index contributed by atoms with van der Waals surface area (Å²) in [7, 11) is -0.444. The molecule has 29 heavy (non-hydrogen) atoms. The maximum absolute atomic E-state index is 4.99. The monoisotopic (exact) mass is 431 g/mol. The minimum atomic E-state index is -0.222. The number of pyridine rings is 2. The number of hydrogen-bond donors (Lipinski definition) is 1. The fourth-order valence-corrected chi connectivity index (χ4v) is 9.49. The first-order valence-corrected chi connectivity index (χ1v) is 13.9. The Hall–Kier alpha value is -0.880. The Balaban J connectivity index is 2.04. The van der Waals surface area contributed by atoms with Crippen LogP contribution in [0.5, 0.6) is 0 Å². The van der Waals surface area contributed by atoms with Crippen LogP contribution in [-0.2, 0) is 13.1 Å². The van der Waals surface area contributed by atoms with Crippen LogP contribution in [0.25, 0.3) is 0 Å². The van der Waals surface area contributed by atoms with Gasteiger partial charge in [-0.15, -0.1) is 0 Å². The van der Waals surface area contributed by atoms with Gasteiger partial charge in [0.05, 0.1) is 22.3 Å². The number of nitrogens with zero attached hydrogens (tertiary/aromatic N) is 2. The third-order valence-corrected chi connectivity index (χ3v) is 11.0. The van der Waals surface area contributed by atoms with Crippen LogP contribution in [0.4, 0.5) is 0 Å². The quantitative estimate of drug-likeness (QED) is 0.497. The second-order valence-electron chi connectivity index (χ2n) is 8.77. The molecule has 1 N–H and O–H groups in total. The Morgan fingerprint density at radius 2 is 0.966 bits per heavy atom. The van der Waals surface area contributed by atoms with E-state index in [4.69, 9.17) is 9.97 Å². The molecule has 2 rings (SSSR count). The average Bonchev–Trinajstić information content (AvgIpc) is 2.61. The number of rotatable bonds is 10. The number of hydrogen-bond acceptors (Lipinski definition) is 3. The minimum absolute atomic E-state index is 0.222. The lowest BCUT2D eigenvalue weighted by Crippen LogP contribution is -2.23. The lowest BCUT2D eigenvalue weighted by molar-refractivity contribution is 0.669. The fourth-order valence-electron chi connectivity index (χ4n) is 3.99. The van der Waals surface area contributed by atoms with Gasteiger partial charge < -0.3 is 5.32 Å². The Bertz CT molecular complexity index is 680. The first kappa shape index (κ1) is 24.4. The summed E-state index contributed by atoms with van der Waals surface area (Å²) < 4.78 is 0. The van der Waals surface area contributed by atoms with Crippen molar-refractivity contribution in [2.24, 2.45) is 0 Å². The molecule has 0 saturated heterocycles. The predicted octanol–water partition coefficient (Wildman–Crippen LogP) is 5.61. The van der Waals surface area contributed by atoms with Gasteiger partial charge in [-0.2, -0.15) is 0 Å². The van der Waals surface area contributed by atoms with Crippen molar-refractivity contribution < 1.29 is 0 Å². The van der Waals surface area contributed by atoms with E-state index in [2.05, 4.69) is 97.1 Å². The number of aromatic nitrogens is 2. The highest BCUT2D eigenvalue weighted by molar-refractivity contribution is 7.67. The maximum Gasteiger partial charge on any atom is 0.0639 e. The molecular weight excluding hydrogens is 392 g/mol. The van der Waals surface area contributed by atoms with Crippen LogP contribution in [0.1, 0.15) is 66.8 Å². The van der Waals surface area contributed by atoms with E-state index in [-0.39, 0.29) is 15.8 Å². The smallest absolute Gasteiger partial charge is 0.0639 e. The molecule has 2 heterocycles. The summed E-state index contributed by atoms with van der Waals surface area (Å²) in [5.41, 5.74) is 7.44. The Labute approximate surface area is 181 Å². The Morgan fingerprint density at radius 1 is 0.621 bits per heavy atom. The molecule has 0 unspecified atom stereocenters. The summed E-state index contributed by atoms with van der Waals surface area (Å²) in [5.74, 6) is 0. The van der Waals surface area contributed by atoms with Gasteiger partial charge in [-0.3, -0.25) is 9.97 Å². The molecule has 2 aromatic heterocycles. The van der Waals surface area contributed by atoms with Crippen molar-refractivity contribution in [3.05, 3.63) is 47.8 Å². The van der Waals surface area contributed by atoms with Gasteiger partial charge in [-0.05, 0) is 62.7 Å². The molecule has 0 amide bonds. The van der Waals surface area contributed by atoms with Gasteiger partial charge >= 0.3 is 0 Å². The molecule has 0 atom stereocenters. The van der Waals surface area contributed by atoms with E-state index in [1.165, 1.54) is 10.9 Å². The molecule has 2 aromatic rings. The molecule has 0 aliphatic rings. The minimum Gasteiger partial charge on any atom is -0.306 e. The van der Waals surface area contributed by atoms with Gasteiger partial charge in [0.1, 0.15) is 0 Å². The van der Waals surface area contributed by atoms with Gasteiger partial charge in [0.2, 0.25) is 0 Å². The van der Waals surface area contributed by atoms with E-state index in [0.717, 1.165) is 24.5 Å². The second-order valence-corrected chi connectivity index (χ2v) is 15.4. The summed E-state index contributed by atoms with van der Waals surface area (Å²) >= 11 is 0. The van der Waals surface area contributed by atoms with Gasteiger partial charge in [-0.25, -0.2) is 0 Å². The zero-order valence-corrected chi connectivity index (χ0v) is 21.3. The van der Waals surface area contributed by atoms with Crippen molar-refractivity contribution in [2.75, 3.05) is 0 Å². The highest BCUT2D eigenvalue weighted by atomic mass is 31.1. The zero-order chi connectivity index (χ0) is 21.6. The Kier molecular flexibility index (Phi) is 9.67. The summed E-state index contributed by atoms with van der Waals surface area (Å²) in [4.78, 5) is 9.98. The molecule has 3 nitrogen and oxygen atoms in total. The molecule has 0 bridgehead atoms. The van der Waals surface area contributed by atoms with E-state index in [0.29, 0.717) is 22.6 Å². The van der Waals surface area contributed by atoms with E-state index in [9.17, 15) is 0 Å². The molecule has 0 fully saturated rings. The van der Waals surface area contributed by atoms with E-state index >= 15 is 0 Å². The van der Waals surface area contributed by atoms with Crippen molar-refractivity contribution in [1.29, 1.82) is 0 Å². The van der Waals surface area contributed by atoms with Crippen LogP contribution in [0.2, 0.25) is 0 Å². The summed E-state index contributed by atoms with van der Waals surface area (Å²) in [6.45, 7) is 20.1. The van der Waals surface area contributed by atoms with Crippen molar-refractivity contribution in [3.63, 3.8) is 0 Å². The lowest BCUT2D eigenvalue weighted by Gasteiger charge is -2.25. The second kappa shape index (κ2) is 11.5. The summed E-state index contributed by atoms with van der Waals surface area (Å²) in [6, 6.07) is 13.0. The Morgan fingerprint density at radius 3 is 1.28 bits per heavy atom. The van der Waals surface area contributed by atoms with Gasteiger partial charge in [-0.1, -0.05) is 67.5 Å². The molecule has 160 valence electrons. The third-order valence-electron chi connectivity index (χ3n) is 4.95. The van der Waals surface area contributed by atoms with Crippen LogP contribution in [0.3, 0.4) is 0 Å². The number of nitrogens with one attached hydrogen (secondary N) is 1. The molecule has 0 spiro atoms. The maximum atomic E-state index is 4.99. The van der Waals surface area contributed by atoms with Crippen molar-refractivity contribution >= 4 is 26.7 Å². The molecule has 0 aliphatic carbocycles. The topological polar surface area (TPSA) is 37.8 Å². The van der Waals surface area contributed by atoms with Crippen LogP contribution < -0.4 is 16.2 Å². The van der Waals surface area contributed by atoms with Crippen molar-refractivity contribution in [3.8, 4) is 0 Å². The predicted molar refractivity (Wildman–Crippen MR) is 133 cm³/mol. The van der Waals surface area contributed by atoms with Crippen molar-refractivity contribution in [1.82, 2.24) is 15.3 Å². The van der Waals surface area contributed by atoms with Gasteiger partial charge in [0.15, 0.2) is 0 Å². The molecule has 0 saturated carbocycles. The lowest BCUT2D eigenvalue weighted by atomic mass is 10.3. The third kappa shape index (κ3) is 7.09. The summed E-state index contributed by atoms with van der Waals surface area (Å²) in [5, 5.41) is 3.56. The fraction of sp³-hybridized carbons (Fsp3) is 0.583. The molecule has 0 radical (unpaired) electrons. The highest BCUT2D eigenvalue weighted by Gasteiger charge is 2.21. The normalized spacial score (nSPS) is 12.3.